The second kappa shape index (κ2) is 8.31. The summed E-state index contributed by atoms with van der Waals surface area (Å²) in [6, 6.07) is 19.1. The fourth-order valence-electron chi connectivity index (χ4n) is 3.47. The van der Waals surface area contributed by atoms with Gasteiger partial charge in [0.05, 0.1) is 24.2 Å². The Balaban J connectivity index is 1.85. The van der Waals surface area contributed by atoms with Gasteiger partial charge in [-0.15, -0.1) is 0 Å². The van der Waals surface area contributed by atoms with E-state index in [0.717, 1.165) is 5.56 Å². The van der Waals surface area contributed by atoms with Crippen molar-refractivity contribution in [1.82, 2.24) is 14.9 Å². The average Bonchev–Trinajstić information content (AvgIpc) is 2.80. The van der Waals surface area contributed by atoms with Gasteiger partial charge in [-0.05, 0) is 48.9 Å². The molecule has 0 saturated carbocycles. The van der Waals surface area contributed by atoms with Crippen LogP contribution in [-0.4, -0.2) is 27.7 Å². The maximum atomic E-state index is 13.4. The van der Waals surface area contributed by atoms with Gasteiger partial charge in [-0.2, -0.15) is 0 Å². The van der Waals surface area contributed by atoms with Gasteiger partial charge in [-0.1, -0.05) is 30.3 Å². The Morgan fingerprint density at radius 1 is 1.06 bits per heavy atom. The van der Waals surface area contributed by atoms with Crippen molar-refractivity contribution in [2.45, 2.75) is 13.0 Å². The zero-order valence-electron chi connectivity index (χ0n) is 17.1. The van der Waals surface area contributed by atoms with Crippen molar-refractivity contribution in [2.24, 2.45) is 0 Å². The highest BCUT2D eigenvalue weighted by molar-refractivity contribution is 6.02. The molecule has 0 bridgehead atoms. The minimum absolute atomic E-state index is 0.253. The van der Waals surface area contributed by atoms with E-state index in [1.54, 1.807) is 43.5 Å². The van der Waals surface area contributed by atoms with E-state index in [4.69, 9.17) is 4.74 Å². The van der Waals surface area contributed by atoms with Gasteiger partial charge >= 0.3 is 0 Å². The molecule has 0 aliphatic carbocycles. The third-order valence-electron chi connectivity index (χ3n) is 5.11. The molecule has 4 aromatic rings. The molecule has 7 nitrogen and oxygen atoms in total. The lowest BCUT2D eigenvalue weighted by atomic mass is 10.1. The lowest BCUT2D eigenvalue weighted by Crippen LogP contribution is -2.34. The molecule has 7 heteroatoms. The number of ether oxygens (including phenoxy) is 1. The molecule has 2 aromatic heterocycles. The van der Waals surface area contributed by atoms with E-state index in [2.05, 4.69) is 10.3 Å². The fraction of sp³-hybridized carbons (Fsp3) is 0.125. The highest BCUT2D eigenvalue weighted by Gasteiger charge is 2.24. The molecule has 0 saturated heterocycles. The zero-order valence-corrected chi connectivity index (χ0v) is 17.1. The maximum Gasteiger partial charge on any atom is 0.273 e. The SMILES string of the molecule is COc1ccc(-n2c(=O)c(C(=O)N[C@@H](C)c3ccccc3)c(O)c3cccnc32)cc1. The van der Waals surface area contributed by atoms with Crippen molar-refractivity contribution in [3.05, 3.63) is 94.4 Å². The van der Waals surface area contributed by atoms with Gasteiger partial charge in [-0.25, -0.2) is 4.98 Å². The summed E-state index contributed by atoms with van der Waals surface area (Å²) in [6.07, 6.45) is 1.53. The van der Waals surface area contributed by atoms with Crippen LogP contribution in [-0.2, 0) is 0 Å². The van der Waals surface area contributed by atoms with E-state index in [0.29, 0.717) is 16.8 Å². The molecule has 2 N–H and O–H groups in total. The number of carbonyl (C=O) groups is 1. The predicted molar refractivity (Wildman–Crippen MR) is 118 cm³/mol. The minimum atomic E-state index is -0.661. The van der Waals surface area contributed by atoms with Crippen molar-refractivity contribution in [1.29, 1.82) is 0 Å². The second-order valence-electron chi connectivity index (χ2n) is 7.04. The van der Waals surface area contributed by atoms with E-state index in [9.17, 15) is 14.7 Å². The summed E-state index contributed by atoms with van der Waals surface area (Å²) in [6.45, 7) is 1.81. The number of fused-ring (bicyclic) bond motifs is 1. The molecule has 0 spiro atoms. The molecule has 1 amide bonds. The van der Waals surface area contributed by atoms with Crippen molar-refractivity contribution in [3.8, 4) is 17.2 Å². The Kier molecular flexibility index (Phi) is 5.41. The van der Waals surface area contributed by atoms with Crippen molar-refractivity contribution in [3.63, 3.8) is 0 Å². The van der Waals surface area contributed by atoms with Crippen molar-refractivity contribution >= 4 is 16.9 Å². The summed E-state index contributed by atoms with van der Waals surface area (Å²) in [5, 5.41) is 13.9. The first kappa shape index (κ1) is 20.2. The molecule has 2 heterocycles. The Morgan fingerprint density at radius 3 is 2.45 bits per heavy atom. The van der Waals surface area contributed by atoms with Gasteiger partial charge in [0.2, 0.25) is 0 Å². The molecule has 31 heavy (non-hydrogen) atoms. The molecular formula is C24H21N3O4. The Hall–Kier alpha value is -4.13. The van der Waals surface area contributed by atoms with Gasteiger partial charge in [0, 0.05) is 6.20 Å². The number of nitrogens with zero attached hydrogens (tertiary/aromatic N) is 2. The molecule has 0 unspecified atom stereocenters. The largest absolute Gasteiger partial charge is 0.506 e. The summed E-state index contributed by atoms with van der Waals surface area (Å²) < 4.78 is 6.50. The number of aromatic hydroxyl groups is 1. The van der Waals surface area contributed by atoms with Crippen LogP contribution in [0.3, 0.4) is 0 Å². The van der Waals surface area contributed by atoms with Crippen LogP contribution in [0.25, 0.3) is 16.7 Å². The fourth-order valence-corrected chi connectivity index (χ4v) is 3.47. The first-order chi connectivity index (χ1) is 15.0. The molecule has 2 aromatic carbocycles. The Morgan fingerprint density at radius 2 is 1.77 bits per heavy atom. The van der Waals surface area contributed by atoms with Crippen molar-refractivity contribution in [2.75, 3.05) is 7.11 Å². The summed E-state index contributed by atoms with van der Waals surface area (Å²) in [5.74, 6) is -0.426. The third kappa shape index (κ3) is 3.73. The number of hydrogen-bond donors (Lipinski definition) is 2. The van der Waals surface area contributed by atoms with Crippen LogP contribution < -0.4 is 15.6 Å². The van der Waals surface area contributed by atoms with E-state index in [1.165, 1.54) is 10.8 Å². The van der Waals surface area contributed by atoms with Crippen LogP contribution >= 0.6 is 0 Å². The smallest absolute Gasteiger partial charge is 0.273 e. The van der Waals surface area contributed by atoms with Crippen molar-refractivity contribution < 1.29 is 14.6 Å². The molecule has 0 radical (unpaired) electrons. The predicted octanol–water partition coefficient (Wildman–Crippen LogP) is 3.59. The normalized spacial score (nSPS) is 11.8. The average molecular weight is 415 g/mol. The third-order valence-corrected chi connectivity index (χ3v) is 5.11. The number of amides is 1. The van der Waals surface area contributed by atoms with Crippen LogP contribution in [0.4, 0.5) is 0 Å². The van der Waals surface area contributed by atoms with Gasteiger partial charge in [0.25, 0.3) is 11.5 Å². The monoisotopic (exact) mass is 415 g/mol. The standard InChI is InChI=1S/C24H21N3O4/c1-15(16-7-4-3-5-8-16)26-23(29)20-21(28)19-9-6-14-25-22(19)27(24(20)30)17-10-12-18(31-2)13-11-17/h3-15,28H,1-2H3,(H,26,29)/t15-/m0/s1. The van der Waals surface area contributed by atoms with Crippen LogP contribution in [0.5, 0.6) is 11.5 Å². The highest BCUT2D eigenvalue weighted by atomic mass is 16.5. The molecule has 1 atom stereocenters. The number of carbonyl (C=O) groups excluding carboxylic acids is 1. The number of pyridine rings is 2. The lowest BCUT2D eigenvalue weighted by molar-refractivity contribution is 0.0935. The van der Waals surface area contributed by atoms with Gasteiger partial charge in [-0.3, -0.25) is 14.2 Å². The van der Waals surface area contributed by atoms with Gasteiger partial charge < -0.3 is 15.2 Å². The van der Waals surface area contributed by atoms with Crippen LogP contribution in [0.1, 0.15) is 28.9 Å². The number of nitrogens with one attached hydrogen (secondary N) is 1. The maximum absolute atomic E-state index is 13.4. The number of rotatable bonds is 5. The van der Waals surface area contributed by atoms with E-state index in [1.807, 2.05) is 37.3 Å². The molecule has 4 rings (SSSR count). The number of aromatic nitrogens is 2. The number of benzene rings is 2. The Bertz CT molecular complexity index is 1300. The molecule has 156 valence electrons. The summed E-state index contributed by atoms with van der Waals surface area (Å²) in [7, 11) is 1.55. The summed E-state index contributed by atoms with van der Waals surface area (Å²) in [5.41, 5.74) is 0.640. The lowest BCUT2D eigenvalue weighted by Gasteiger charge is -2.17. The van der Waals surface area contributed by atoms with Crippen LogP contribution in [0.15, 0.2) is 77.7 Å². The first-order valence-electron chi connectivity index (χ1n) is 9.74. The van der Waals surface area contributed by atoms with E-state index < -0.39 is 17.2 Å². The molecule has 0 aliphatic rings. The molecule has 0 fully saturated rings. The van der Waals surface area contributed by atoms with Gasteiger partial charge in [0.15, 0.2) is 5.65 Å². The topological polar surface area (TPSA) is 93.5 Å². The minimum Gasteiger partial charge on any atom is -0.506 e. The van der Waals surface area contributed by atoms with Crippen LogP contribution in [0, 0.1) is 0 Å². The van der Waals surface area contributed by atoms with E-state index >= 15 is 0 Å². The van der Waals surface area contributed by atoms with E-state index in [-0.39, 0.29) is 17.3 Å². The summed E-state index contributed by atoms with van der Waals surface area (Å²) in [4.78, 5) is 30.7. The van der Waals surface area contributed by atoms with Crippen LogP contribution in [0.2, 0.25) is 0 Å². The first-order valence-corrected chi connectivity index (χ1v) is 9.74. The summed E-state index contributed by atoms with van der Waals surface area (Å²) >= 11 is 0. The number of hydrogen-bond acceptors (Lipinski definition) is 5. The second-order valence-corrected chi connectivity index (χ2v) is 7.04. The highest BCUT2D eigenvalue weighted by Crippen LogP contribution is 2.27. The van der Waals surface area contributed by atoms with Gasteiger partial charge in [0.1, 0.15) is 17.1 Å². The Labute approximate surface area is 178 Å². The molecule has 0 aliphatic heterocycles. The quantitative estimate of drug-likeness (QED) is 0.520. The molecular weight excluding hydrogens is 394 g/mol. The zero-order chi connectivity index (χ0) is 22.0. The number of methoxy groups -OCH3 is 1.